The zero-order chi connectivity index (χ0) is 11.4. The van der Waals surface area contributed by atoms with Gasteiger partial charge < -0.3 is 9.53 Å². The highest BCUT2D eigenvalue weighted by atomic mass is 28.4. The molecule has 84 valence electrons. The lowest BCUT2D eigenvalue weighted by atomic mass is 10.2. The topological polar surface area (TPSA) is 29.5 Å². The highest BCUT2D eigenvalue weighted by Gasteiger charge is 2.37. The van der Waals surface area contributed by atoms with E-state index in [0.29, 0.717) is 0 Å². The molecule has 3 heteroatoms. The van der Waals surface area contributed by atoms with Crippen LogP contribution >= 0.6 is 0 Å². The molecule has 0 spiro atoms. The third-order valence-electron chi connectivity index (χ3n) is 2.80. The minimum atomic E-state index is -1.65. The molecular weight excluding hydrogens is 192 g/mol. The van der Waals surface area contributed by atoms with Crippen LogP contribution in [0.25, 0.3) is 0 Å². The Bertz CT molecular complexity index is 192. The van der Waals surface area contributed by atoms with E-state index in [1.807, 2.05) is 13.0 Å². The molecule has 0 aromatic carbocycles. The van der Waals surface area contributed by atoms with E-state index in [2.05, 4.69) is 33.9 Å². The first kappa shape index (κ1) is 13.9. The smallest absolute Gasteiger partial charge is 0.192 e. The molecule has 0 radical (unpaired) electrons. The van der Waals surface area contributed by atoms with Gasteiger partial charge in [0.05, 0.1) is 12.7 Å². The van der Waals surface area contributed by atoms with Crippen molar-refractivity contribution in [1.29, 1.82) is 0 Å². The molecule has 0 aromatic heterocycles. The third kappa shape index (κ3) is 4.40. The number of hydrogen-bond donors (Lipinski definition) is 1. The van der Waals surface area contributed by atoms with Crippen molar-refractivity contribution < 1.29 is 9.53 Å². The van der Waals surface area contributed by atoms with E-state index in [4.69, 9.17) is 9.53 Å². The molecule has 0 aliphatic heterocycles. The maximum atomic E-state index is 8.64. The number of aliphatic hydroxyl groups excluding tert-OH is 1. The van der Waals surface area contributed by atoms with Gasteiger partial charge in [0.2, 0.25) is 0 Å². The van der Waals surface area contributed by atoms with Gasteiger partial charge >= 0.3 is 0 Å². The van der Waals surface area contributed by atoms with Crippen molar-refractivity contribution in [3.05, 3.63) is 12.2 Å². The van der Waals surface area contributed by atoms with Crippen LogP contribution in [-0.2, 0) is 4.43 Å². The molecule has 2 nitrogen and oxygen atoms in total. The van der Waals surface area contributed by atoms with Crippen LogP contribution in [0.15, 0.2) is 12.2 Å². The van der Waals surface area contributed by atoms with Gasteiger partial charge in [0.1, 0.15) is 0 Å². The molecule has 0 bridgehead atoms. The second kappa shape index (κ2) is 5.10. The van der Waals surface area contributed by atoms with Crippen LogP contribution in [0.3, 0.4) is 0 Å². The van der Waals surface area contributed by atoms with Crippen LogP contribution in [0.5, 0.6) is 0 Å². The molecule has 0 amide bonds. The van der Waals surface area contributed by atoms with E-state index in [1.165, 1.54) is 0 Å². The van der Waals surface area contributed by atoms with Gasteiger partial charge in [0.15, 0.2) is 8.32 Å². The zero-order valence-electron chi connectivity index (χ0n) is 10.3. The Morgan fingerprint density at radius 2 is 1.86 bits per heavy atom. The summed E-state index contributed by atoms with van der Waals surface area (Å²) in [7, 11) is -1.65. The summed E-state index contributed by atoms with van der Waals surface area (Å²) in [4.78, 5) is 0. The van der Waals surface area contributed by atoms with E-state index in [0.717, 1.165) is 0 Å². The molecule has 0 aliphatic rings. The third-order valence-corrected chi connectivity index (χ3v) is 7.37. The average molecular weight is 216 g/mol. The molecular formula is C11H24O2Si. The molecule has 0 rings (SSSR count). The lowest BCUT2D eigenvalue weighted by molar-refractivity contribution is 0.241. The number of aliphatic hydroxyl groups is 1. The Hall–Kier alpha value is -0.123. The van der Waals surface area contributed by atoms with E-state index in [-0.39, 0.29) is 17.7 Å². The van der Waals surface area contributed by atoms with Crippen LogP contribution in [0.2, 0.25) is 18.1 Å². The quantitative estimate of drug-likeness (QED) is 0.578. The first-order valence-electron chi connectivity index (χ1n) is 5.16. The highest BCUT2D eigenvalue weighted by Crippen LogP contribution is 2.37. The summed E-state index contributed by atoms with van der Waals surface area (Å²) in [5, 5.41) is 8.89. The average Bonchev–Trinajstić information content (AvgIpc) is 1.97. The van der Waals surface area contributed by atoms with Gasteiger partial charge in [-0.2, -0.15) is 0 Å². The number of hydrogen-bond acceptors (Lipinski definition) is 2. The first-order valence-corrected chi connectivity index (χ1v) is 8.07. The molecule has 0 aromatic rings. The van der Waals surface area contributed by atoms with E-state index in [1.54, 1.807) is 6.08 Å². The fraction of sp³-hybridized carbons (Fsp3) is 0.818. The van der Waals surface area contributed by atoms with Gasteiger partial charge in [-0.1, -0.05) is 32.9 Å². The lowest BCUT2D eigenvalue weighted by Crippen LogP contribution is -2.42. The predicted octanol–water partition coefficient (Wildman–Crippen LogP) is 2.95. The highest BCUT2D eigenvalue weighted by molar-refractivity contribution is 6.74. The monoisotopic (exact) mass is 216 g/mol. The van der Waals surface area contributed by atoms with Crippen LogP contribution in [-0.4, -0.2) is 26.1 Å². The van der Waals surface area contributed by atoms with Crippen molar-refractivity contribution >= 4 is 8.32 Å². The molecule has 0 saturated heterocycles. The molecule has 14 heavy (non-hydrogen) atoms. The minimum absolute atomic E-state index is 0.0885. The second-order valence-electron chi connectivity index (χ2n) is 5.19. The van der Waals surface area contributed by atoms with Crippen molar-refractivity contribution in [1.82, 2.24) is 0 Å². The molecule has 0 aliphatic carbocycles. The summed E-state index contributed by atoms with van der Waals surface area (Å²) < 4.78 is 6.05. The van der Waals surface area contributed by atoms with Gasteiger partial charge in [-0.15, -0.1) is 0 Å². The van der Waals surface area contributed by atoms with Crippen molar-refractivity contribution in [2.75, 3.05) is 6.61 Å². The zero-order valence-corrected chi connectivity index (χ0v) is 11.3. The van der Waals surface area contributed by atoms with Crippen molar-refractivity contribution in [3.8, 4) is 0 Å². The van der Waals surface area contributed by atoms with Gasteiger partial charge in [-0.25, -0.2) is 0 Å². The summed E-state index contributed by atoms with van der Waals surface area (Å²) in [6.45, 7) is 13.2. The molecule has 0 saturated carbocycles. The van der Waals surface area contributed by atoms with E-state index >= 15 is 0 Å². The van der Waals surface area contributed by atoms with Crippen LogP contribution in [0.1, 0.15) is 27.7 Å². The SMILES string of the molecule is C[C@@H](/C=C/CO)O[Si](C)(C)C(C)(C)C. The predicted molar refractivity (Wildman–Crippen MR) is 64.0 cm³/mol. The van der Waals surface area contributed by atoms with E-state index in [9.17, 15) is 0 Å². The van der Waals surface area contributed by atoms with E-state index < -0.39 is 8.32 Å². The fourth-order valence-electron chi connectivity index (χ4n) is 0.933. The molecule has 0 unspecified atom stereocenters. The molecule has 0 heterocycles. The maximum absolute atomic E-state index is 8.64. The normalized spacial score (nSPS) is 16.2. The standard InChI is InChI=1S/C11H24O2Si/c1-10(8-7-9-12)13-14(5,6)11(2,3)4/h7-8,10,12H,9H2,1-6H3/b8-7+/t10-/m0/s1. The second-order valence-corrected chi connectivity index (χ2v) is 9.95. The first-order chi connectivity index (χ1) is 6.20. The summed E-state index contributed by atoms with van der Waals surface area (Å²) in [6.07, 6.45) is 3.75. The van der Waals surface area contributed by atoms with Crippen LogP contribution in [0.4, 0.5) is 0 Å². The molecule has 0 fully saturated rings. The summed E-state index contributed by atoms with van der Waals surface area (Å²) in [5.41, 5.74) is 0. The fourth-order valence-corrected chi connectivity index (χ4v) is 2.29. The largest absolute Gasteiger partial charge is 0.411 e. The summed E-state index contributed by atoms with van der Waals surface area (Å²) in [5.74, 6) is 0. The Balaban J connectivity index is 4.29. The summed E-state index contributed by atoms with van der Waals surface area (Å²) in [6, 6.07) is 0. The summed E-state index contributed by atoms with van der Waals surface area (Å²) >= 11 is 0. The molecule has 1 atom stereocenters. The lowest BCUT2D eigenvalue weighted by Gasteiger charge is -2.37. The number of rotatable bonds is 4. The van der Waals surface area contributed by atoms with Gasteiger partial charge in [-0.3, -0.25) is 0 Å². The van der Waals surface area contributed by atoms with Crippen LogP contribution in [0, 0.1) is 0 Å². The van der Waals surface area contributed by atoms with Gasteiger partial charge in [-0.05, 0) is 25.1 Å². The van der Waals surface area contributed by atoms with Gasteiger partial charge in [0.25, 0.3) is 0 Å². The van der Waals surface area contributed by atoms with Crippen molar-refractivity contribution in [2.45, 2.75) is 51.9 Å². The Morgan fingerprint density at radius 3 is 2.21 bits per heavy atom. The van der Waals surface area contributed by atoms with Crippen molar-refractivity contribution in [3.63, 3.8) is 0 Å². The Morgan fingerprint density at radius 1 is 1.36 bits per heavy atom. The maximum Gasteiger partial charge on any atom is 0.192 e. The van der Waals surface area contributed by atoms with Gasteiger partial charge in [0, 0.05) is 0 Å². The van der Waals surface area contributed by atoms with Crippen LogP contribution < -0.4 is 0 Å². The Kier molecular flexibility index (Phi) is 5.05. The Labute approximate surface area is 89.1 Å². The van der Waals surface area contributed by atoms with Crippen molar-refractivity contribution in [2.24, 2.45) is 0 Å². The molecule has 1 N–H and O–H groups in total. The minimum Gasteiger partial charge on any atom is -0.411 e.